The summed E-state index contributed by atoms with van der Waals surface area (Å²) < 4.78 is 0.567. The van der Waals surface area contributed by atoms with Crippen LogP contribution in [0.3, 0.4) is 0 Å². The van der Waals surface area contributed by atoms with E-state index in [9.17, 15) is 14.9 Å². The lowest BCUT2D eigenvalue weighted by atomic mass is 9.79. The third-order valence-corrected chi connectivity index (χ3v) is 6.87. The summed E-state index contributed by atoms with van der Waals surface area (Å²) in [6.07, 6.45) is 2.10. The quantitative estimate of drug-likeness (QED) is 0.625. The molecule has 152 valence electrons. The van der Waals surface area contributed by atoms with E-state index in [-0.39, 0.29) is 24.4 Å². The van der Waals surface area contributed by atoms with E-state index in [1.54, 1.807) is 12.1 Å². The van der Waals surface area contributed by atoms with Crippen LogP contribution in [0, 0.1) is 16.7 Å². The summed E-state index contributed by atoms with van der Waals surface area (Å²) in [7, 11) is 2.09. The van der Waals surface area contributed by atoms with Gasteiger partial charge in [-0.15, -0.1) is 11.3 Å². The number of benzene rings is 1. The molecule has 1 aromatic carbocycles. The number of halogens is 1. The Morgan fingerprint density at radius 1 is 1.24 bits per heavy atom. The molecule has 1 aromatic heterocycles. The molecule has 4 nitrogen and oxygen atoms in total. The van der Waals surface area contributed by atoms with Gasteiger partial charge in [-0.3, -0.25) is 9.59 Å². The van der Waals surface area contributed by atoms with Crippen molar-refractivity contribution in [3.05, 3.63) is 55.7 Å². The fraction of sp³-hybridized carbons (Fsp3) is 0.435. The Bertz CT molecular complexity index is 987. The number of thiophene rings is 1. The lowest BCUT2D eigenvalue weighted by molar-refractivity contribution is -0.126. The number of Topliss-reactive ketones (excluding diaryl/α,β-unsaturated/α-hetero) is 2. The van der Waals surface area contributed by atoms with Crippen molar-refractivity contribution in [3.63, 3.8) is 0 Å². The van der Waals surface area contributed by atoms with Crippen LogP contribution in [0.1, 0.15) is 52.2 Å². The monoisotopic (exact) mass is 428 g/mol. The summed E-state index contributed by atoms with van der Waals surface area (Å²) in [5, 5.41) is 9.61. The lowest BCUT2D eigenvalue weighted by Crippen LogP contribution is -2.29. The minimum absolute atomic E-state index is 0.00285. The maximum atomic E-state index is 13.0. The minimum atomic E-state index is -0.784. The highest BCUT2D eigenvalue weighted by atomic mass is 35.5. The van der Waals surface area contributed by atoms with Crippen molar-refractivity contribution in [3.8, 4) is 6.07 Å². The maximum Gasteiger partial charge on any atom is 0.173 e. The number of hydrogen-bond acceptors (Lipinski definition) is 5. The molecule has 0 atom stereocenters. The first-order valence-corrected chi connectivity index (χ1v) is 10.9. The van der Waals surface area contributed by atoms with Crippen molar-refractivity contribution in [1.82, 2.24) is 4.90 Å². The number of fused-ring (bicyclic) bond motifs is 1. The minimum Gasteiger partial charge on any atom is -0.306 e. The summed E-state index contributed by atoms with van der Waals surface area (Å²) in [4.78, 5) is 28.4. The number of nitrogens with zero attached hydrogens (tertiary/aromatic N) is 2. The molecule has 0 radical (unpaired) electrons. The Morgan fingerprint density at radius 2 is 1.97 bits per heavy atom. The molecule has 6 heteroatoms. The maximum absolute atomic E-state index is 13.0. The highest BCUT2D eigenvalue weighted by Gasteiger charge is 2.31. The lowest BCUT2D eigenvalue weighted by Gasteiger charge is -2.22. The second-order valence-electron chi connectivity index (χ2n) is 8.38. The molecule has 0 saturated carbocycles. The van der Waals surface area contributed by atoms with Crippen molar-refractivity contribution < 1.29 is 9.59 Å². The number of nitriles is 1. The number of carbonyl (C=O) groups excluding carboxylic acids is 2. The van der Waals surface area contributed by atoms with E-state index in [1.807, 2.05) is 19.9 Å². The molecule has 1 aliphatic rings. The topological polar surface area (TPSA) is 61.2 Å². The van der Waals surface area contributed by atoms with Crippen molar-refractivity contribution >= 4 is 34.5 Å². The van der Waals surface area contributed by atoms with Gasteiger partial charge in [0.1, 0.15) is 5.78 Å². The molecule has 0 aliphatic carbocycles. The van der Waals surface area contributed by atoms with E-state index < -0.39 is 5.41 Å². The van der Waals surface area contributed by atoms with Crippen LogP contribution in [0.2, 0.25) is 4.34 Å². The summed E-state index contributed by atoms with van der Waals surface area (Å²) in [6.45, 7) is 5.50. The number of likely N-dealkylation sites (N-methyl/N-ethyl adjacent to an activating group) is 1. The van der Waals surface area contributed by atoms with Gasteiger partial charge in [0.15, 0.2) is 5.78 Å². The smallest absolute Gasteiger partial charge is 0.173 e. The fourth-order valence-corrected chi connectivity index (χ4v) is 4.70. The molecule has 0 spiro atoms. The van der Waals surface area contributed by atoms with Gasteiger partial charge in [0, 0.05) is 31.3 Å². The van der Waals surface area contributed by atoms with Crippen molar-refractivity contribution in [1.29, 1.82) is 5.26 Å². The second-order valence-corrected chi connectivity index (χ2v) is 10.1. The van der Waals surface area contributed by atoms with Crippen LogP contribution in [0.5, 0.6) is 0 Å². The molecule has 2 aromatic rings. The van der Waals surface area contributed by atoms with E-state index in [0.29, 0.717) is 14.8 Å². The molecule has 0 amide bonds. The van der Waals surface area contributed by atoms with E-state index in [1.165, 1.54) is 16.9 Å². The zero-order chi connectivity index (χ0) is 21.2. The standard InChI is InChI=1S/C23H25ClN2O2S/c1-23(2,13-19(27)20-4-5-22(24)29-20)21(28)12-15-10-16-6-8-26(3)9-7-18(16)17(11-15)14-25/h4-5,10-11H,6-9,12-13H2,1-3H3. The molecule has 29 heavy (non-hydrogen) atoms. The molecule has 0 fully saturated rings. The summed E-state index contributed by atoms with van der Waals surface area (Å²) in [6, 6.07) is 9.64. The molecule has 0 bridgehead atoms. The summed E-state index contributed by atoms with van der Waals surface area (Å²) in [5.41, 5.74) is 3.01. The van der Waals surface area contributed by atoms with E-state index >= 15 is 0 Å². The van der Waals surface area contributed by atoms with Gasteiger partial charge in [0.05, 0.1) is 20.8 Å². The van der Waals surface area contributed by atoms with Gasteiger partial charge in [0.25, 0.3) is 0 Å². The number of ketones is 2. The van der Waals surface area contributed by atoms with Crippen molar-refractivity contribution in [2.75, 3.05) is 20.1 Å². The Hall–Kier alpha value is -2.00. The van der Waals surface area contributed by atoms with Crippen LogP contribution >= 0.6 is 22.9 Å². The van der Waals surface area contributed by atoms with Crippen LogP contribution in [-0.4, -0.2) is 36.6 Å². The highest BCUT2D eigenvalue weighted by Crippen LogP contribution is 2.30. The molecule has 1 aliphatic heterocycles. The predicted octanol–water partition coefficient (Wildman–Crippen LogP) is 4.71. The van der Waals surface area contributed by atoms with Gasteiger partial charge in [0.2, 0.25) is 0 Å². The highest BCUT2D eigenvalue weighted by molar-refractivity contribution is 7.18. The predicted molar refractivity (Wildman–Crippen MR) is 117 cm³/mol. The van der Waals surface area contributed by atoms with Crippen molar-refractivity contribution in [2.45, 2.75) is 39.5 Å². The van der Waals surface area contributed by atoms with Crippen LogP contribution in [0.25, 0.3) is 0 Å². The van der Waals surface area contributed by atoms with Gasteiger partial charge < -0.3 is 4.90 Å². The molecule has 0 unspecified atom stereocenters. The SMILES string of the molecule is CN1CCc2cc(CC(=O)C(C)(C)CC(=O)c3ccc(Cl)s3)cc(C#N)c2CC1. The molecule has 0 saturated heterocycles. The molecular formula is C23H25ClN2O2S. The first-order valence-electron chi connectivity index (χ1n) is 9.75. The van der Waals surface area contributed by atoms with Crippen LogP contribution in [0.15, 0.2) is 24.3 Å². The largest absolute Gasteiger partial charge is 0.306 e. The molecular weight excluding hydrogens is 404 g/mol. The summed E-state index contributed by atoms with van der Waals surface area (Å²) in [5.74, 6) is -0.0639. The number of hydrogen-bond donors (Lipinski definition) is 0. The Kier molecular flexibility index (Phi) is 6.58. The van der Waals surface area contributed by atoms with E-state index in [0.717, 1.165) is 37.1 Å². The van der Waals surface area contributed by atoms with Crippen LogP contribution in [-0.2, 0) is 24.1 Å². The molecule has 0 N–H and O–H groups in total. The van der Waals surface area contributed by atoms with Crippen molar-refractivity contribution in [2.24, 2.45) is 5.41 Å². The van der Waals surface area contributed by atoms with Crippen LogP contribution in [0.4, 0.5) is 0 Å². The third kappa shape index (κ3) is 5.14. The normalized spacial score (nSPS) is 14.7. The zero-order valence-electron chi connectivity index (χ0n) is 17.0. The zero-order valence-corrected chi connectivity index (χ0v) is 18.6. The fourth-order valence-electron chi connectivity index (χ4n) is 3.72. The van der Waals surface area contributed by atoms with Crippen LogP contribution < -0.4 is 0 Å². The van der Waals surface area contributed by atoms with Gasteiger partial charge in [-0.25, -0.2) is 0 Å². The second kappa shape index (κ2) is 8.79. The summed E-state index contributed by atoms with van der Waals surface area (Å²) >= 11 is 7.16. The Labute approximate surface area is 181 Å². The van der Waals surface area contributed by atoms with Gasteiger partial charge in [-0.05, 0) is 54.8 Å². The van der Waals surface area contributed by atoms with Gasteiger partial charge in [-0.1, -0.05) is 31.5 Å². The number of rotatable bonds is 6. The average molecular weight is 429 g/mol. The van der Waals surface area contributed by atoms with Gasteiger partial charge >= 0.3 is 0 Å². The molecule has 2 heterocycles. The average Bonchev–Trinajstić information content (AvgIpc) is 3.02. The number of carbonyl (C=O) groups is 2. The molecule has 3 rings (SSSR count). The van der Waals surface area contributed by atoms with Gasteiger partial charge in [-0.2, -0.15) is 5.26 Å². The third-order valence-electron chi connectivity index (χ3n) is 5.60. The first kappa shape index (κ1) is 21.7. The first-order chi connectivity index (χ1) is 13.7. The Morgan fingerprint density at radius 3 is 2.62 bits per heavy atom. The Balaban J connectivity index is 1.77. The van der Waals surface area contributed by atoms with E-state index in [4.69, 9.17) is 11.6 Å². The van der Waals surface area contributed by atoms with E-state index in [2.05, 4.69) is 24.1 Å².